The summed E-state index contributed by atoms with van der Waals surface area (Å²) in [6, 6.07) is 15.7. The van der Waals surface area contributed by atoms with E-state index in [-0.39, 0.29) is 12.5 Å². The molecule has 0 spiro atoms. The van der Waals surface area contributed by atoms with Gasteiger partial charge in [-0.25, -0.2) is 8.42 Å². The van der Waals surface area contributed by atoms with E-state index in [4.69, 9.17) is 0 Å². The minimum atomic E-state index is -3.76. The summed E-state index contributed by atoms with van der Waals surface area (Å²) < 4.78 is 26.7. The largest absolute Gasteiger partial charge is 0.350 e. The maximum absolute atomic E-state index is 13.4. The second-order valence-electron chi connectivity index (χ2n) is 8.96. The lowest BCUT2D eigenvalue weighted by Crippen LogP contribution is -2.55. The van der Waals surface area contributed by atoms with Crippen LogP contribution in [0.15, 0.2) is 59.1 Å². The van der Waals surface area contributed by atoms with E-state index in [9.17, 15) is 18.0 Å². The van der Waals surface area contributed by atoms with Gasteiger partial charge in [0, 0.05) is 16.6 Å². The number of hydrogen-bond donors (Lipinski definition) is 1. The van der Waals surface area contributed by atoms with Crippen LogP contribution in [0.2, 0.25) is 0 Å². The molecule has 0 fully saturated rings. The molecule has 9 heteroatoms. The molecule has 0 aliphatic rings. The van der Waals surface area contributed by atoms with Crippen LogP contribution < -0.4 is 9.62 Å². The zero-order valence-electron chi connectivity index (χ0n) is 19.7. The quantitative estimate of drug-likeness (QED) is 0.529. The molecule has 180 valence electrons. The molecule has 2 amide bonds. The number of amides is 2. The highest BCUT2D eigenvalue weighted by Crippen LogP contribution is 2.27. The van der Waals surface area contributed by atoms with Crippen LogP contribution >= 0.6 is 15.9 Å². The van der Waals surface area contributed by atoms with E-state index >= 15 is 0 Å². The van der Waals surface area contributed by atoms with Gasteiger partial charge in [-0.15, -0.1) is 0 Å². The van der Waals surface area contributed by atoms with Crippen molar-refractivity contribution in [2.24, 2.45) is 0 Å². The van der Waals surface area contributed by atoms with Crippen molar-refractivity contribution in [3.05, 3.63) is 64.6 Å². The smallest absolute Gasteiger partial charge is 0.244 e. The van der Waals surface area contributed by atoms with Gasteiger partial charge in [-0.2, -0.15) is 0 Å². The molecule has 0 radical (unpaired) electrons. The van der Waals surface area contributed by atoms with Gasteiger partial charge in [-0.05, 0) is 67.7 Å². The van der Waals surface area contributed by atoms with E-state index in [0.29, 0.717) is 16.6 Å². The fourth-order valence-electron chi connectivity index (χ4n) is 3.29. The number of anilines is 1. The Balaban J connectivity index is 2.33. The first kappa shape index (κ1) is 26.9. The fourth-order valence-corrected chi connectivity index (χ4v) is 4.77. The molecule has 2 aromatic rings. The van der Waals surface area contributed by atoms with Gasteiger partial charge in [0.1, 0.15) is 12.6 Å². The van der Waals surface area contributed by atoms with Crippen LogP contribution in [-0.4, -0.2) is 56.1 Å². The molecular weight excluding hydrogens is 506 g/mol. The lowest BCUT2D eigenvalue weighted by molar-refractivity contribution is -0.139. The van der Waals surface area contributed by atoms with Crippen molar-refractivity contribution >= 4 is 43.5 Å². The topological polar surface area (TPSA) is 86.8 Å². The van der Waals surface area contributed by atoms with Crippen LogP contribution in [0.3, 0.4) is 0 Å². The number of hydrogen-bond acceptors (Lipinski definition) is 4. The average Bonchev–Trinajstić information content (AvgIpc) is 2.71. The number of halogens is 1. The summed E-state index contributed by atoms with van der Waals surface area (Å²) in [5.41, 5.74) is 0.917. The fraction of sp³-hybridized carbons (Fsp3) is 0.417. The molecule has 0 saturated carbocycles. The van der Waals surface area contributed by atoms with Crippen molar-refractivity contribution in [1.29, 1.82) is 0 Å². The normalized spacial score (nSPS) is 12.7. The minimum absolute atomic E-state index is 0.273. The van der Waals surface area contributed by atoms with Crippen molar-refractivity contribution in [3.8, 4) is 0 Å². The molecule has 2 rings (SSSR count). The molecule has 0 bridgehead atoms. The monoisotopic (exact) mass is 537 g/mol. The summed E-state index contributed by atoms with van der Waals surface area (Å²) in [4.78, 5) is 27.8. The van der Waals surface area contributed by atoms with Gasteiger partial charge in [0.15, 0.2) is 0 Å². The second-order valence-corrected chi connectivity index (χ2v) is 11.7. The first-order valence-electron chi connectivity index (χ1n) is 10.7. The predicted octanol–water partition coefficient (Wildman–Crippen LogP) is 3.59. The molecular formula is C24H32BrN3O4S. The molecule has 0 saturated heterocycles. The average molecular weight is 539 g/mol. The second kappa shape index (κ2) is 11.2. The minimum Gasteiger partial charge on any atom is -0.350 e. The van der Waals surface area contributed by atoms with Crippen LogP contribution in [0.5, 0.6) is 0 Å². The van der Waals surface area contributed by atoms with E-state index in [0.717, 1.165) is 16.1 Å². The van der Waals surface area contributed by atoms with Gasteiger partial charge in [-0.1, -0.05) is 42.5 Å². The highest BCUT2D eigenvalue weighted by Gasteiger charge is 2.31. The summed E-state index contributed by atoms with van der Waals surface area (Å²) in [6.45, 7) is 7.12. The summed E-state index contributed by atoms with van der Waals surface area (Å²) in [7, 11) is -3.76. The van der Waals surface area contributed by atoms with Gasteiger partial charge in [0.25, 0.3) is 0 Å². The Morgan fingerprint density at radius 3 is 2.15 bits per heavy atom. The Kier molecular flexibility index (Phi) is 9.08. The third-order valence-electron chi connectivity index (χ3n) is 4.95. The van der Waals surface area contributed by atoms with Gasteiger partial charge >= 0.3 is 0 Å². The number of benzene rings is 2. The first-order valence-corrected chi connectivity index (χ1v) is 13.3. The van der Waals surface area contributed by atoms with E-state index in [1.165, 1.54) is 4.90 Å². The van der Waals surface area contributed by atoms with E-state index in [2.05, 4.69) is 21.2 Å². The van der Waals surface area contributed by atoms with Crippen LogP contribution in [0, 0.1) is 0 Å². The highest BCUT2D eigenvalue weighted by molar-refractivity contribution is 9.10. The standard InChI is InChI=1S/C24H32BrN3O4S/c1-18(23(30)26-24(2,3)4)27(16-15-19-11-7-6-8-12-19)22(29)17-28(33(5,31)32)21-14-10-9-13-20(21)25/h6-14,18H,15-17H2,1-5H3,(H,26,30). The summed E-state index contributed by atoms with van der Waals surface area (Å²) >= 11 is 3.37. The Labute approximate surface area is 205 Å². The third-order valence-corrected chi connectivity index (χ3v) is 6.75. The Morgan fingerprint density at radius 1 is 1.03 bits per heavy atom. The molecule has 2 aromatic carbocycles. The summed E-state index contributed by atoms with van der Waals surface area (Å²) in [5.74, 6) is -0.751. The number of para-hydroxylation sites is 1. The predicted molar refractivity (Wildman–Crippen MR) is 136 cm³/mol. The molecule has 33 heavy (non-hydrogen) atoms. The molecule has 0 aliphatic carbocycles. The van der Waals surface area contributed by atoms with Crippen molar-refractivity contribution in [1.82, 2.24) is 10.2 Å². The van der Waals surface area contributed by atoms with Crippen LogP contribution in [-0.2, 0) is 26.0 Å². The number of nitrogens with one attached hydrogen (secondary N) is 1. The van der Waals surface area contributed by atoms with E-state index in [1.54, 1.807) is 31.2 Å². The number of carbonyl (C=O) groups excluding carboxylic acids is 2. The number of carbonyl (C=O) groups is 2. The van der Waals surface area contributed by atoms with Gasteiger partial charge in [-0.3, -0.25) is 13.9 Å². The van der Waals surface area contributed by atoms with Crippen molar-refractivity contribution < 1.29 is 18.0 Å². The lowest BCUT2D eigenvalue weighted by Gasteiger charge is -2.33. The van der Waals surface area contributed by atoms with Crippen LogP contribution in [0.1, 0.15) is 33.3 Å². The summed E-state index contributed by atoms with van der Waals surface area (Å²) in [5, 5.41) is 2.90. The van der Waals surface area contributed by atoms with Gasteiger partial charge in [0.05, 0.1) is 11.9 Å². The summed E-state index contributed by atoms with van der Waals surface area (Å²) in [6.07, 6.45) is 1.59. The van der Waals surface area contributed by atoms with Crippen LogP contribution in [0.4, 0.5) is 5.69 Å². The van der Waals surface area contributed by atoms with Crippen molar-refractivity contribution in [2.45, 2.75) is 45.7 Å². The number of sulfonamides is 1. The third kappa shape index (κ3) is 8.16. The lowest BCUT2D eigenvalue weighted by atomic mass is 10.1. The Morgan fingerprint density at radius 2 is 1.61 bits per heavy atom. The maximum Gasteiger partial charge on any atom is 0.244 e. The zero-order chi connectivity index (χ0) is 24.8. The Bertz CT molecular complexity index is 1070. The van der Waals surface area contributed by atoms with Gasteiger partial charge in [0.2, 0.25) is 21.8 Å². The number of rotatable bonds is 9. The molecule has 7 nitrogen and oxygen atoms in total. The molecule has 0 aromatic heterocycles. The van der Waals surface area contributed by atoms with Crippen molar-refractivity contribution in [3.63, 3.8) is 0 Å². The van der Waals surface area contributed by atoms with Gasteiger partial charge < -0.3 is 10.2 Å². The zero-order valence-corrected chi connectivity index (χ0v) is 22.1. The van der Waals surface area contributed by atoms with Crippen molar-refractivity contribution in [2.75, 3.05) is 23.7 Å². The molecule has 1 N–H and O–H groups in total. The highest BCUT2D eigenvalue weighted by atomic mass is 79.9. The maximum atomic E-state index is 13.4. The van der Waals surface area contributed by atoms with E-state index in [1.807, 2.05) is 51.1 Å². The Hall–Kier alpha value is -2.39. The molecule has 0 heterocycles. The number of nitrogens with zero attached hydrogens (tertiary/aromatic N) is 2. The SMILES string of the molecule is CC(C(=O)NC(C)(C)C)N(CCc1ccccc1)C(=O)CN(c1ccccc1Br)S(C)(=O)=O. The molecule has 1 atom stereocenters. The van der Waals surface area contributed by atoms with Crippen LogP contribution in [0.25, 0.3) is 0 Å². The molecule has 0 aliphatic heterocycles. The first-order chi connectivity index (χ1) is 15.3. The molecule has 1 unspecified atom stereocenters. The van der Waals surface area contributed by atoms with E-state index < -0.39 is 34.1 Å².